The molecule has 3 amide bonds. The van der Waals surface area contributed by atoms with Gasteiger partial charge in [0.2, 0.25) is 17.8 Å². The Morgan fingerprint density at radius 2 is 1.77 bits per heavy atom. The van der Waals surface area contributed by atoms with Crippen LogP contribution in [-0.4, -0.2) is 62.5 Å². The molecule has 3 aromatic rings. The molecule has 2 aromatic heterocycles. The first-order chi connectivity index (χ1) is 18.7. The Bertz CT molecular complexity index is 1370. The number of carbonyl (C=O) groups is 2. The summed E-state index contributed by atoms with van der Waals surface area (Å²) < 4.78 is 2.03. The molecule has 0 bridgehead atoms. The normalized spacial score (nSPS) is 21.5. The number of amides is 3. The van der Waals surface area contributed by atoms with Crippen LogP contribution in [0.3, 0.4) is 0 Å². The van der Waals surface area contributed by atoms with Crippen molar-refractivity contribution in [2.24, 2.45) is 11.7 Å². The highest BCUT2D eigenvalue weighted by Crippen LogP contribution is 2.40. The SMILES string of the molecule is CNC(=O)N1CCC[C@@H](Nc2ncc3nc(Nc4c(Cl)cc(Cl)cc4Cl)n(C4CCC(C(N)=O)CC4)c3n2)C1. The standard InChI is InChI=1S/C25H30Cl3N9O2/c1-30-25(39)36-8-2-3-15(12-36)32-23-31-11-19-22(35-23)37(16-6-4-13(5-7-16)21(29)38)24(33-19)34-20-17(27)9-14(26)10-18(20)28/h9-11,13,15-16H,2-8,12H2,1H3,(H2,29,38)(H,30,39)(H,33,34)(H,31,32,35)/t13?,15-,16?/m1/s1. The Hall–Kier alpha value is -3.02. The summed E-state index contributed by atoms with van der Waals surface area (Å²) in [5.41, 5.74) is 7.29. The van der Waals surface area contributed by atoms with E-state index >= 15 is 0 Å². The molecule has 11 nitrogen and oxygen atoms in total. The van der Waals surface area contributed by atoms with E-state index in [0.29, 0.717) is 69.7 Å². The van der Waals surface area contributed by atoms with Crippen LogP contribution in [0.2, 0.25) is 15.1 Å². The largest absolute Gasteiger partial charge is 0.369 e. The topological polar surface area (TPSA) is 143 Å². The maximum Gasteiger partial charge on any atom is 0.317 e. The van der Waals surface area contributed by atoms with Gasteiger partial charge in [-0.3, -0.25) is 9.36 Å². The number of aromatic nitrogens is 4. The third-order valence-corrected chi connectivity index (χ3v) is 8.21. The molecule has 0 radical (unpaired) electrons. The summed E-state index contributed by atoms with van der Waals surface area (Å²) in [7, 11) is 1.63. The van der Waals surface area contributed by atoms with Crippen molar-refractivity contribution in [3.05, 3.63) is 33.4 Å². The lowest BCUT2D eigenvalue weighted by molar-refractivity contribution is -0.122. The summed E-state index contributed by atoms with van der Waals surface area (Å²) >= 11 is 19.0. The van der Waals surface area contributed by atoms with Gasteiger partial charge in [-0.1, -0.05) is 34.8 Å². The van der Waals surface area contributed by atoms with Gasteiger partial charge in [0.05, 0.1) is 21.9 Å². The summed E-state index contributed by atoms with van der Waals surface area (Å²) in [4.78, 5) is 39.8. The summed E-state index contributed by atoms with van der Waals surface area (Å²) in [6.07, 6.45) is 6.26. The van der Waals surface area contributed by atoms with Crippen molar-refractivity contribution in [1.82, 2.24) is 29.7 Å². The Kier molecular flexibility index (Phi) is 8.20. The van der Waals surface area contributed by atoms with Crippen molar-refractivity contribution in [3.8, 4) is 0 Å². The average Bonchev–Trinajstić information content (AvgIpc) is 3.27. The van der Waals surface area contributed by atoms with Gasteiger partial charge in [0.25, 0.3) is 0 Å². The maximum absolute atomic E-state index is 12.1. The van der Waals surface area contributed by atoms with Crippen LogP contribution in [0.15, 0.2) is 18.3 Å². The van der Waals surface area contributed by atoms with E-state index in [1.54, 1.807) is 30.3 Å². The van der Waals surface area contributed by atoms with Gasteiger partial charge in [-0.05, 0) is 50.7 Å². The maximum atomic E-state index is 12.1. The molecule has 5 N–H and O–H groups in total. The Morgan fingerprint density at radius 3 is 2.44 bits per heavy atom. The minimum atomic E-state index is -0.269. The number of urea groups is 1. The fourth-order valence-electron chi connectivity index (χ4n) is 5.41. The Morgan fingerprint density at radius 1 is 1.05 bits per heavy atom. The summed E-state index contributed by atoms with van der Waals surface area (Å²) in [5.74, 6) is 0.545. The Balaban J connectivity index is 1.48. The molecule has 1 aliphatic carbocycles. The van der Waals surface area contributed by atoms with Crippen LogP contribution in [0, 0.1) is 5.92 Å². The number of carbonyl (C=O) groups excluding carboxylic acids is 2. The zero-order chi connectivity index (χ0) is 27.7. The van der Waals surface area contributed by atoms with Crippen molar-refractivity contribution in [1.29, 1.82) is 0 Å². The molecule has 1 saturated carbocycles. The van der Waals surface area contributed by atoms with Gasteiger partial charge in [-0.25, -0.2) is 14.8 Å². The third kappa shape index (κ3) is 5.95. The second-order valence-corrected chi connectivity index (χ2v) is 11.2. The number of nitrogens with one attached hydrogen (secondary N) is 3. The number of nitrogens with zero attached hydrogens (tertiary/aromatic N) is 5. The van der Waals surface area contributed by atoms with E-state index in [1.807, 2.05) is 4.57 Å². The second-order valence-electron chi connectivity index (χ2n) is 9.97. The number of hydrogen-bond donors (Lipinski definition) is 4. The molecular weight excluding hydrogens is 565 g/mol. The molecule has 2 fully saturated rings. The van der Waals surface area contributed by atoms with Gasteiger partial charge in [0, 0.05) is 43.2 Å². The number of nitrogens with two attached hydrogens (primary N) is 1. The van der Waals surface area contributed by atoms with E-state index in [0.717, 1.165) is 25.7 Å². The minimum Gasteiger partial charge on any atom is -0.369 e. The molecule has 39 heavy (non-hydrogen) atoms. The first-order valence-electron chi connectivity index (χ1n) is 12.9. The zero-order valence-electron chi connectivity index (χ0n) is 21.4. The van der Waals surface area contributed by atoms with Gasteiger partial charge < -0.3 is 26.6 Å². The van der Waals surface area contributed by atoms with E-state index in [2.05, 4.69) is 20.9 Å². The molecule has 1 atom stereocenters. The van der Waals surface area contributed by atoms with Gasteiger partial charge in [0.15, 0.2) is 5.65 Å². The van der Waals surface area contributed by atoms with Crippen LogP contribution < -0.4 is 21.7 Å². The van der Waals surface area contributed by atoms with Crippen LogP contribution in [-0.2, 0) is 4.79 Å². The number of fused-ring (bicyclic) bond motifs is 1. The number of hydrogen-bond acceptors (Lipinski definition) is 7. The van der Waals surface area contributed by atoms with E-state index in [9.17, 15) is 9.59 Å². The monoisotopic (exact) mass is 593 g/mol. The number of imidazole rings is 1. The predicted octanol–water partition coefficient (Wildman–Crippen LogP) is 4.96. The molecule has 5 rings (SSSR count). The molecule has 2 aliphatic rings. The van der Waals surface area contributed by atoms with Crippen LogP contribution in [0.5, 0.6) is 0 Å². The minimum absolute atomic E-state index is 0.0131. The first kappa shape index (κ1) is 27.5. The summed E-state index contributed by atoms with van der Waals surface area (Å²) in [5, 5.41) is 10.5. The number of anilines is 3. The molecule has 0 unspecified atom stereocenters. The van der Waals surface area contributed by atoms with Gasteiger partial charge in [-0.15, -0.1) is 0 Å². The number of piperidine rings is 1. The summed E-state index contributed by atoms with van der Waals surface area (Å²) in [6, 6.07) is 3.14. The lowest BCUT2D eigenvalue weighted by atomic mass is 9.85. The molecule has 1 aromatic carbocycles. The quantitative estimate of drug-likeness (QED) is 0.316. The van der Waals surface area contributed by atoms with E-state index in [-0.39, 0.29) is 29.9 Å². The molecule has 3 heterocycles. The van der Waals surface area contributed by atoms with Crippen molar-refractivity contribution in [2.45, 2.75) is 50.6 Å². The number of benzene rings is 1. The number of likely N-dealkylation sites (tertiary alicyclic amines) is 1. The molecule has 14 heteroatoms. The molecule has 1 aliphatic heterocycles. The summed E-state index contributed by atoms with van der Waals surface area (Å²) in [6.45, 7) is 1.27. The average molecular weight is 595 g/mol. The number of primary amides is 1. The lowest BCUT2D eigenvalue weighted by Crippen LogP contribution is -2.48. The van der Waals surface area contributed by atoms with Crippen LogP contribution in [0.25, 0.3) is 11.2 Å². The fourth-order valence-corrected chi connectivity index (χ4v) is 6.32. The first-order valence-corrected chi connectivity index (χ1v) is 14.1. The van der Waals surface area contributed by atoms with Crippen molar-refractivity contribution >= 4 is 75.5 Å². The van der Waals surface area contributed by atoms with E-state index in [4.69, 9.17) is 50.5 Å². The lowest BCUT2D eigenvalue weighted by Gasteiger charge is -2.32. The highest BCUT2D eigenvalue weighted by Gasteiger charge is 2.30. The van der Waals surface area contributed by atoms with E-state index < -0.39 is 0 Å². The molecule has 1 saturated heterocycles. The molecule has 0 spiro atoms. The van der Waals surface area contributed by atoms with Crippen molar-refractivity contribution < 1.29 is 9.59 Å². The van der Waals surface area contributed by atoms with Crippen LogP contribution in [0.1, 0.15) is 44.6 Å². The Labute approximate surface area is 240 Å². The number of halogens is 3. The van der Waals surface area contributed by atoms with Crippen LogP contribution in [0.4, 0.5) is 22.4 Å². The van der Waals surface area contributed by atoms with Crippen molar-refractivity contribution in [3.63, 3.8) is 0 Å². The second kappa shape index (κ2) is 11.6. The van der Waals surface area contributed by atoms with Gasteiger partial charge >= 0.3 is 6.03 Å². The molecular formula is C25H30Cl3N9O2. The predicted molar refractivity (Wildman–Crippen MR) is 153 cm³/mol. The fraction of sp³-hybridized carbons (Fsp3) is 0.480. The van der Waals surface area contributed by atoms with E-state index in [1.165, 1.54) is 0 Å². The van der Waals surface area contributed by atoms with Crippen LogP contribution >= 0.6 is 34.8 Å². The van der Waals surface area contributed by atoms with Crippen molar-refractivity contribution in [2.75, 3.05) is 30.8 Å². The molecule has 208 valence electrons. The zero-order valence-corrected chi connectivity index (χ0v) is 23.7. The highest BCUT2D eigenvalue weighted by molar-refractivity contribution is 6.41. The third-order valence-electron chi connectivity index (χ3n) is 7.40. The van der Waals surface area contributed by atoms with Gasteiger partial charge in [-0.2, -0.15) is 4.98 Å². The van der Waals surface area contributed by atoms with Gasteiger partial charge in [0.1, 0.15) is 5.52 Å². The number of rotatable bonds is 6. The highest BCUT2D eigenvalue weighted by atomic mass is 35.5. The smallest absolute Gasteiger partial charge is 0.317 e.